The van der Waals surface area contributed by atoms with E-state index in [0.717, 1.165) is 5.56 Å². The van der Waals surface area contributed by atoms with Gasteiger partial charge < -0.3 is 10.3 Å². The van der Waals surface area contributed by atoms with Gasteiger partial charge in [0.05, 0.1) is 0 Å². The van der Waals surface area contributed by atoms with Gasteiger partial charge in [0.2, 0.25) is 5.58 Å². The summed E-state index contributed by atoms with van der Waals surface area (Å²) in [5, 5.41) is 3.67. The van der Waals surface area contributed by atoms with E-state index in [4.69, 9.17) is 10.3 Å². The van der Waals surface area contributed by atoms with Crippen LogP contribution in [-0.4, -0.2) is 21.0 Å². The predicted molar refractivity (Wildman–Crippen MR) is 68.3 cm³/mol. The van der Waals surface area contributed by atoms with Gasteiger partial charge in [0.15, 0.2) is 5.69 Å². The molecule has 0 spiro atoms. The molecule has 0 fully saturated rings. The zero-order valence-corrected chi connectivity index (χ0v) is 10.1. The third kappa shape index (κ3) is 1.83. The zero-order chi connectivity index (χ0) is 13.4. The summed E-state index contributed by atoms with van der Waals surface area (Å²) in [6, 6.07) is 9.49. The molecule has 19 heavy (non-hydrogen) atoms. The molecule has 3 aromatic rings. The van der Waals surface area contributed by atoms with Crippen LogP contribution >= 0.6 is 0 Å². The van der Waals surface area contributed by atoms with Gasteiger partial charge in [-0.15, -0.1) is 0 Å². The zero-order valence-electron chi connectivity index (χ0n) is 10.1. The fourth-order valence-electron chi connectivity index (χ4n) is 1.90. The van der Waals surface area contributed by atoms with Crippen LogP contribution in [0.4, 0.5) is 0 Å². The van der Waals surface area contributed by atoms with E-state index in [9.17, 15) is 4.79 Å². The Hall–Kier alpha value is -2.76. The third-order valence-electron chi connectivity index (χ3n) is 2.71. The lowest BCUT2D eigenvalue weighted by Gasteiger charge is -2.01. The highest BCUT2D eigenvalue weighted by molar-refractivity contribution is 6.04. The van der Waals surface area contributed by atoms with E-state index in [0.29, 0.717) is 22.6 Å². The largest absolute Gasteiger partial charge is 0.364 e. The quantitative estimate of drug-likeness (QED) is 0.750. The van der Waals surface area contributed by atoms with Crippen LogP contribution in [0.1, 0.15) is 16.3 Å². The highest BCUT2D eigenvalue weighted by Gasteiger charge is 2.19. The van der Waals surface area contributed by atoms with Gasteiger partial charge in [-0.05, 0) is 6.92 Å². The fraction of sp³-hybridized carbons (Fsp3) is 0.0769. The first-order valence-electron chi connectivity index (χ1n) is 5.66. The summed E-state index contributed by atoms with van der Waals surface area (Å²) in [4.78, 5) is 19.8. The van der Waals surface area contributed by atoms with Crippen molar-refractivity contribution in [1.29, 1.82) is 0 Å². The van der Waals surface area contributed by atoms with Crippen molar-refractivity contribution in [2.75, 3.05) is 0 Å². The maximum atomic E-state index is 11.3. The van der Waals surface area contributed by atoms with Crippen molar-refractivity contribution in [3.8, 4) is 11.3 Å². The third-order valence-corrected chi connectivity index (χ3v) is 2.71. The molecule has 0 aliphatic rings. The first kappa shape index (κ1) is 11.3. The summed E-state index contributed by atoms with van der Waals surface area (Å²) in [5.41, 5.74) is 7.45. The molecule has 6 nitrogen and oxygen atoms in total. The average Bonchev–Trinajstić information content (AvgIpc) is 2.82. The van der Waals surface area contributed by atoms with Gasteiger partial charge in [0.25, 0.3) is 5.91 Å². The Morgan fingerprint density at radius 2 is 1.95 bits per heavy atom. The minimum atomic E-state index is -0.670. The van der Waals surface area contributed by atoms with E-state index in [1.807, 2.05) is 30.3 Å². The number of carbonyl (C=O) groups is 1. The fourth-order valence-corrected chi connectivity index (χ4v) is 1.90. The van der Waals surface area contributed by atoms with E-state index in [2.05, 4.69) is 15.1 Å². The van der Waals surface area contributed by atoms with Crippen LogP contribution in [0, 0.1) is 6.92 Å². The lowest BCUT2D eigenvalue weighted by molar-refractivity contribution is 0.0993. The number of nitrogens with zero attached hydrogens (tertiary/aromatic N) is 3. The van der Waals surface area contributed by atoms with Gasteiger partial charge in [-0.2, -0.15) is 0 Å². The van der Waals surface area contributed by atoms with Crippen molar-refractivity contribution < 1.29 is 9.32 Å². The number of amides is 1. The lowest BCUT2D eigenvalue weighted by Crippen LogP contribution is -2.12. The highest BCUT2D eigenvalue weighted by atomic mass is 16.5. The maximum Gasteiger partial charge on any atom is 0.273 e. The van der Waals surface area contributed by atoms with Crippen LogP contribution < -0.4 is 5.73 Å². The summed E-state index contributed by atoms with van der Waals surface area (Å²) in [6.07, 6.45) is 0. The van der Waals surface area contributed by atoms with Crippen LogP contribution in [0.15, 0.2) is 34.9 Å². The minimum absolute atomic E-state index is 0.0256. The first-order valence-corrected chi connectivity index (χ1v) is 5.66. The summed E-state index contributed by atoms with van der Waals surface area (Å²) in [7, 11) is 0. The average molecular weight is 254 g/mol. The van der Waals surface area contributed by atoms with Gasteiger partial charge in [0, 0.05) is 5.56 Å². The molecule has 0 aliphatic heterocycles. The van der Waals surface area contributed by atoms with Crippen LogP contribution in [-0.2, 0) is 0 Å². The predicted octanol–water partition coefficient (Wildman–Crippen LogP) is 1.69. The lowest BCUT2D eigenvalue weighted by atomic mass is 10.1. The smallest absolute Gasteiger partial charge is 0.273 e. The SMILES string of the molecule is Cc1nc(-c2ccccc2)c2onc(C(N)=O)c2n1. The molecule has 0 saturated heterocycles. The molecule has 2 N–H and O–H groups in total. The van der Waals surface area contributed by atoms with Crippen LogP contribution in [0.2, 0.25) is 0 Å². The summed E-state index contributed by atoms with van der Waals surface area (Å²) >= 11 is 0. The molecular weight excluding hydrogens is 244 g/mol. The topological polar surface area (TPSA) is 94.9 Å². The number of hydrogen-bond donors (Lipinski definition) is 1. The summed E-state index contributed by atoms with van der Waals surface area (Å²) in [5.74, 6) is -0.145. The summed E-state index contributed by atoms with van der Waals surface area (Å²) < 4.78 is 5.18. The Morgan fingerprint density at radius 3 is 2.63 bits per heavy atom. The van der Waals surface area contributed by atoms with Crippen molar-refractivity contribution in [2.24, 2.45) is 5.73 Å². The van der Waals surface area contributed by atoms with Crippen molar-refractivity contribution in [1.82, 2.24) is 15.1 Å². The molecule has 3 rings (SSSR count). The van der Waals surface area contributed by atoms with Crippen molar-refractivity contribution in [2.45, 2.75) is 6.92 Å². The molecule has 2 aromatic heterocycles. The van der Waals surface area contributed by atoms with E-state index in [-0.39, 0.29) is 5.69 Å². The Balaban J connectivity index is 2.34. The summed E-state index contributed by atoms with van der Waals surface area (Å²) in [6.45, 7) is 1.74. The normalized spacial score (nSPS) is 10.8. The molecular formula is C13H10N4O2. The Labute approximate surface area is 108 Å². The highest BCUT2D eigenvalue weighted by Crippen LogP contribution is 2.27. The number of rotatable bonds is 2. The number of fused-ring (bicyclic) bond motifs is 1. The second-order valence-electron chi connectivity index (χ2n) is 4.06. The standard InChI is InChI=1S/C13H10N4O2/c1-7-15-9(8-5-3-2-4-6-8)12-10(16-7)11(13(14)18)17-19-12/h2-6H,1H3,(H2,14,18). The monoisotopic (exact) mass is 254 g/mol. The Kier molecular flexibility index (Phi) is 2.49. The second kappa shape index (κ2) is 4.16. The van der Waals surface area contributed by atoms with Crippen molar-refractivity contribution in [3.05, 3.63) is 41.9 Å². The van der Waals surface area contributed by atoms with Gasteiger partial charge >= 0.3 is 0 Å². The van der Waals surface area contributed by atoms with Crippen LogP contribution in [0.5, 0.6) is 0 Å². The van der Waals surface area contributed by atoms with E-state index in [1.165, 1.54) is 0 Å². The maximum absolute atomic E-state index is 11.3. The number of nitrogens with two attached hydrogens (primary N) is 1. The Bertz CT molecular complexity index is 765. The van der Waals surface area contributed by atoms with Gasteiger partial charge in [-0.1, -0.05) is 35.5 Å². The minimum Gasteiger partial charge on any atom is -0.364 e. The Morgan fingerprint density at radius 1 is 1.21 bits per heavy atom. The second-order valence-corrected chi connectivity index (χ2v) is 4.06. The van der Waals surface area contributed by atoms with Crippen LogP contribution in [0.25, 0.3) is 22.4 Å². The number of aromatic nitrogens is 3. The number of benzene rings is 1. The van der Waals surface area contributed by atoms with Crippen LogP contribution in [0.3, 0.4) is 0 Å². The number of hydrogen-bond acceptors (Lipinski definition) is 5. The van der Waals surface area contributed by atoms with Gasteiger partial charge in [0.1, 0.15) is 17.0 Å². The van der Waals surface area contributed by atoms with Gasteiger partial charge in [-0.3, -0.25) is 4.79 Å². The molecule has 0 bridgehead atoms. The molecule has 2 heterocycles. The first-order chi connectivity index (χ1) is 9.16. The van der Waals surface area contributed by atoms with Gasteiger partial charge in [-0.25, -0.2) is 9.97 Å². The number of aryl methyl sites for hydroxylation is 1. The molecule has 94 valence electrons. The molecule has 0 radical (unpaired) electrons. The van der Waals surface area contributed by atoms with E-state index in [1.54, 1.807) is 6.92 Å². The molecule has 0 unspecified atom stereocenters. The molecule has 6 heteroatoms. The number of primary amides is 1. The van der Waals surface area contributed by atoms with Crippen molar-refractivity contribution in [3.63, 3.8) is 0 Å². The van der Waals surface area contributed by atoms with E-state index < -0.39 is 5.91 Å². The molecule has 1 amide bonds. The molecule has 0 aliphatic carbocycles. The van der Waals surface area contributed by atoms with Crippen molar-refractivity contribution >= 4 is 17.0 Å². The molecule has 0 saturated carbocycles. The molecule has 0 atom stereocenters. The number of carbonyl (C=O) groups excluding carboxylic acids is 1. The van der Waals surface area contributed by atoms with E-state index >= 15 is 0 Å². The molecule has 1 aromatic carbocycles.